The van der Waals surface area contributed by atoms with Crippen molar-refractivity contribution in [2.24, 2.45) is 10.9 Å². The van der Waals surface area contributed by atoms with E-state index >= 15 is 0 Å². The van der Waals surface area contributed by atoms with Crippen molar-refractivity contribution in [3.05, 3.63) is 17.7 Å². The fraction of sp³-hybridized carbons (Fsp3) is 0.611. The summed E-state index contributed by atoms with van der Waals surface area (Å²) in [4.78, 5) is 4.72. The van der Waals surface area contributed by atoms with E-state index in [9.17, 15) is 5.11 Å². The summed E-state index contributed by atoms with van der Waals surface area (Å²) in [7, 11) is 9.91. The Labute approximate surface area is 171 Å². The maximum atomic E-state index is 10.6. The minimum absolute atomic E-state index is 0.382. The van der Waals surface area contributed by atoms with Crippen LogP contribution in [0.15, 0.2) is 17.1 Å². The molecule has 0 bridgehead atoms. The van der Waals surface area contributed by atoms with Crippen LogP contribution in [0, 0.1) is 5.92 Å². The van der Waals surface area contributed by atoms with Gasteiger partial charge in [-0.15, -0.1) is 0 Å². The molecule has 0 radical (unpaired) electrons. The predicted molar refractivity (Wildman–Crippen MR) is 108 cm³/mol. The first-order valence-electron chi connectivity index (χ1n) is 8.63. The fourth-order valence-electron chi connectivity index (χ4n) is 2.99. The second kappa shape index (κ2) is 11.1. The van der Waals surface area contributed by atoms with E-state index in [2.05, 4.69) is 26.6 Å². The standard InChI is InChI=1S/C18H29NO2Si.2ClH.Zr/c1-13-6-8-15(9-7-13)19-12-14-10-16(21-2)11-17(18(14)20)22(3,4)5;;;/h10-13,15,20H,6-9H2,1-5H3;2*1H;/q;;;+2/p-2. The number of hydrogen-bond donors (Lipinski definition) is 1. The van der Waals surface area contributed by atoms with Crippen molar-refractivity contribution in [3.63, 3.8) is 0 Å². The van der Waals surface area contributed by atoms with E-state index in [1.807, 2.05) is 18.3 Å². The minimum atomic E-state index is -1.63. The van der Waals surface area contributed by atoms with Crippen LogP contribution in [0.2, 0.25) is 19.6 Å². The van der Waals surface area contributed by atoms with Crippen molar-refractivity contribution < 1.29 is 30.7 Å². The molecule has 0 aromatic heterocycles. The van der Waals surface area contributed by atoms with Gasteiger partial charge in [0.2, 0.25) is 0 Å². The van der Waals surface area contributed by atoms with Crippen LogP contribution in [-0.4, -0.2) is 32.5 Å². The van der Waals surface area contributed by atoms with E-state index in [1.165, 1.54) is 12.8 Å². The van der Waals surface area contributed by atoms with E-state index < -0.39 is 28.9 Å². The maximum absolute atomic E-state index is 10.6. The van der Waals surface area contributed by atoms with E-state index in [-0.39, 0.29) is 0 Å². The Morgan fingerprint density at radius 1 is 1.20 bits per heavy atom. The Kier molecular flexibility index (Phi) is 10.3. The molecular weight excluding hydrogens is 452 g/mol. The van der Waals surface area contributed by atoms with Gasteiger partial charge < -0.3 is 9.84 Å². The Morgan fingerprint density at radius 3 is 2.24 bits per heavy atom. The molecule has 0 unspecified atom stereocenters. The second-order valence-electron chi connectivity index (χ2n) is 7.63. The zero-order valence-corrected chi connectivity index (χ0v) is 20.7. The average molecular weight is 482 g/mol. The summed E-state index contributed by atoms with van der Waals surface area (Å²) >= 11 is -0.826. The Morgan fingerprint density at radius 2 is 1.76 bits per heavy atom. The third-order valence-electron chi connectivity index (χ3n) is 4.57. The number of hydrogen-bond acceptors (Lipinski definition) is 3. The van der Waals surface area contributed by atoms with E-state index in [1.54, 1.807) is 7.11 Å². The molecule has 0 aliphatic heterocycles. The molecule has 1 fully saturated rings. The molecular formula is C18H29Cl2NO2SiZr. The van der Waals surface area contributed by atoms with Crippen molar-refractivity contribution in [3.8, 4) is 11.5 Å². The molecule has 1 aromatic rings. The molecule has 0 heterocycles. The summed E-state index contributed by atoms with van der Waals surface area (Å²) in [6.45, 7) is 8.99. The summed E-state index contributed by atoms with van der Waals surface area (Å²) in [5.41, 5.74) is 0.787. The number of aliphatic imine (C=N–C) groups is 1. The van der Waals surface area contributed by atoms with Crippen LogP contribution in [-0.2, 0) is 20.8 Å². The van der Waals surface area contributed by atoms with Crippen molar-refractivity contribution in [1.82, 2.24) is 0 Å². The molecule has 7 heteroatoms. The molecule has 0 atom stereocenters. The third kappa shape index (κ3) is 7.74. The third-order valence-corrected chi connectivity index (χ3v) is 6.56. The average Bonchev–Trinajstić information content (AvgIpc) is 2.55. The molecule has 2 rings (SSSR count). The Hall–Kier alpha value is 0.170. The summed E-state index contributed by atoms with van der Waals surface area (Å²) in [6.07, 6.45) is 6.67. The van der Waals surface area contributed by atoms with Gasteiger partial charge in [-0.05, 0) is 48.9 Å². The first-order valence-corrected chi connectivity index (χ1v) is 18.5. The monoisotopic (exact) mass is 479 g/mol. The van der Waals surface area contributed by atoms with Crippen LogP contribution in [0.5, 0.6) is 11.5 Å². The first-order chi connectivity index (χ1) is 11.7. The van der Waals surface area contributed by atoms with E-state index in [0.29, 0.717) is 11.8 Å². The molecule has 1 aromatic carbocycles. The summed E-state index contributed by atoms with van der Waals surface area (Å²) in [5, 5.41) is 11.6. The number of halogens is 2. The summed E-state index contributed by atoms with van der Waals surface area (Å²) in [6, 6.07) is 4.26. The van der Waals surface area contributed by atoms with Crippen molar-refractivity contribution >= 4 is 36.5 Å². The number of rotatable bonds is 4. The van der Waals surface area contributed by atoms with Gasteiger partial charge in [-0.3, -0.25) is 4.99 Å². The number of nitrogens with zero attached hydrogens (tertiary/aromatic N) is 1. The van der Waals surface area contributed by atoms with Gasteiger partial charge in [-0.1, -0.05) is 26.6 Å². The fourth-order valence-corrected chi connectivity index (χ4v) is 4.42. The van der Waals surface area contributed by atoms with Crippen LogP contribution < -0.4 is 9.92 Å². The Bertz CT molecular complexity index is 571. The van der Waals surface area contributed by atoms with Gasteiger partial charge in [0.05, 0.1) is 15.2 Å². The van der Waals surface area contributed by atoms with Gasteiger partial charge in [0.25, 0.3) is 0 Å². The predicted octanol–water partition coefficient (Wildman–Crippen LogP) is 5.32. The molecule has 1 aliphatic rings. The van der Waals surface area contributed by atoms with Crippen LogP contribution in [0.4, 0.5) is 0 Å². The zero-order chi connectivity index (χ0) is 19.0. The molecule has 1 N–H and O–H groups in total. The number of phenols is 1. The SMILES string of the molecule is COc1cc(C=NC2CCC(C)CC2)c(O)c([Si](C)(C)C)c1.[Cl][Zr][Cl]. The normalized spacial score (nSPS) is 20.8. The quantitative estimate of drug-likeness (QED) is 0.467. The van der Waals surface area contributed by atoms with Crippen LogP contribution in [0.3, 0.4) is 0 Å². The van der Waals surface area contributed by atoms with E-state index in [4.69, 9.17) is 26.8 Å². The molecule has 25 heavy (non-hydrogen) atoms. The number of ether oxygens (including phenoxy) is 1. The molecule has 3 nitrogen and oxygen atoms in total. The van der Waals surface area contributed by atoms with E-state index in [0.717, 1.165) is 35.3 Å². The summed E-state index contributed by atoms with van der Waals surface area (Å²) in [5.74, 6) is 2.01. The number of benzene rings is 1. The molecule has 140 valence electrons. The van der Waals surface area contributed by atoms with Gasteiger partial charge in [0.1, 0.15) is 11.5 Å². The first kappa shape index (κ1) is 23.2. The Balaban J connectivity index is 0.000000970. The number of phenolic OH excluding ortho intramolecular Hbond substituents is 1. The van der Waals surface area contributed by atoms with Gasteiger partial charge in [0, 0.05) is 17.8 Å². The molecule has 1 aliphatic carbocycles. The van der Waals surface area contributed by atoms with Crippen LogP contribution in [0.25, 0.3) is 0 Å². The number of aromatic hydroxyl groups is 1. The summed E-state index contributed by atoms with van der Waals surface area (Å²) < 4.78 is 5.40. The topological polar surface area (TPSA) is 41.8 Å². The number of methoxy groups -OCH3 is 1. The van der Waals surface area contributed by atoms with Crippen molar-refractivity contribution in [1.29, 1.82) is 0 Å². The van der Waals surface area contributed by atoms with Crippen molar-refractivity contribution in [2.75, 3.05) is 7.11 Å². The zero-order valence-electron chi connectivity index (χ0n) is 15.8. The molecule has 0 amide bonds. The van der Waals surface area contributed by atoms with Gasteiger partial charge >= 0.3 is 37.9 Å². The van der Waals surface area contributed by atoms with Gasteiger partial charge in [-0.2, -0.15) is 0 Å². The van der Waals surface area contributed by atoms with Gasteiger partial charge in [0.15, 0.2) is 0 Å². The van der Waals surface area contributed by atoms with Gasteiger partial charge in [-0.25, -0.2) is 0 Å². The van der Waals surface area contributed by atoms with Crippen LogP contribution in [0.1, 0.15) is 38.2 Å². The molecule has 0 spiro atoms. The van der Waals surface area contributed by atoms with Crippen LogP contribution >= 0.6 is 17.0 Å². The van der Waals surface area contributed by atoms with Crippen molar-refractivity contribution in [2.45, 2.75) is 58.3 Å². The molecule has 0 saturated heterocycles. The molecule has 1 saturated carbocycles. The second-order valence-corrected chi connectivity index (χ2v) is 16.4.